The van der Waals surface area contributed by atoms with Crippen LogP contribution in [0.1, 0.15) is 41.5 Å². The summed E-state index contributed by atoms with van der Waals surface area (Å²) < 4.78 is 0. The van der Waals surface area contributed by atoms with Crippen molar-refractivity contribution in [1.82, 2.24) is 0 Å². The van der Waals surface area contributed by atoms with Gasteiger partial charge in [0.1, 0.15) is 10.8 Å². The molecule has 0 bridgehead atoms. The Morgan fingerprint density at radius 1 is 0.750 bits per heavy atom. The van der Waals surface area contributed by atoms with Crippen LogP contribution in [0.4, 0.5) is 0 Å². The number of ketones is 2. The Morgan fingerprint density at radius 3 is 1.06 bits per heavy atom. The van der Waals surface area contributed by atoms with Gasteiger partial charge in [0.15, 0.2) is 11.6 Å². The third kappa shape index (κ3) is 4.06. The minimum absolute atomic E-state index is 0.202. The molecule has 0 fully saturated rings. The smallest absolute Gasteiger partial charge is 0.157 e. The van der Waals surface area contributed by atoms with Crippen LogP contribution in [0.3, 0.4) is 0 Å². The lowest BCUT2D eigenvalue weighted by Crippen LogP contribution is -2.42. The van der Waals surface area contributed by atoms with Gasteiger partial charge in [-0.1, -0.05) is 41.5 Å². The van der Waals surface area contributed by atoms with Crippen molar-refractivity contribution in [2.45, 2.75) is 52.3 Å². The molecule has 0 radical (unpaired) electrons. The van der Waals surface area contributed by atoms with E-state index in [1.165, 1.54) is 0 Å². The van der Waals surface area contributed by atoms with Gasteiger partial charge in [0.05, 0.1) is 0 Å². The fourth-order valence-electron chi connectivity index (χ4n) is 1.09. The maximum atomic E-state index is 11.9. The monoisotopic (exact) mass is 266 g/mol. The number of carbonyl (C=O) groups excluding carboxylic acids is 2. The molecule has 0 aromatic heterocycles. The first kappa shape index (κ1) is 15.9. The molecule has 0 aromatic carbocycles. The zero-order valence-electron chi connectivity index (χ0n) is 10.7. The first-order valence-electron chi connectivity index (χ1n) is 5.26. The van der Waals surface area contributed by atoms with E-state index >= 15 is 0 Å². The Bertz CT molecular complexity index is 254. The third-order valence-corrected chi connectivity index (χ3v) is 3.27. The van der Waals surface area contributed by atoms with E-state index in [1.807, 2.05) is 0 Å². The molecule has 0 amide bonds. The van der Waals surface area contributed by atoms with E-state index in [0.717, 1.165) is 0 Å². The average molecular weight is 267 g/mol. The molecule has 2 atom stereocenters. The molecule has 0 saturated heterocycles. The standard InChI is InChI=1S/C12H20Cl2O2/c1-11(2,3)9(15)7(13)8(14)10(16)12(4,5)6/h7-8H,1-6H3. The molecule has 4 heteroatoms. The highest BCUT2D eigenvalue weighted by Gasteiger charge is 2.39. The van der Waals surface area contributed by atoms with Gasteiger partial charge in [-0.25, -0.2) is 0 Å². The number of carbonyl (C=O) groups is 2. The van der Waals surface area contributed by atoms with Crippen LogP contribution >= 0.6 is 23.2 Å². The first-order valence-corrected chi connectivity index (χ1v) is 6.13. The van der Waals surface area contributed by atoms with Crippen LogP contribution in [0, 0.1) is 10.8 Å². The SMILES string of the molecule is CC(C)(C)C(=O)C(Cl)C(Cl)C(=O)C(C)(C)C. The van der Waals surface area contributed by atoms with Crippen molar-refractivity contribution in [1.29, 1.82) is 0 Å². The summed E-state index contributed by atoms with van der Waals surface area (Å²) >= 11 is 11.9. The minimum Gasteiger partial charge on any atom is -0.297 e. The highest BCUT2D eigenvalue weighted by Crippen LogP contribution is 2.28. The molecule has 0 saturated carbocycles. The topological polar surface area (TPSA) is 34.1 Å². The molecule has 0 rings (SSSR count). The summed E-state index contributed by atoms with van der Waals surface area (Å²) in [4.78, 5) is 23.7. The number of alkyl halides is 2. The lowest BCUT2D eigenvalue weighted by atomic mass is 9.83. The Hall–Kier alpha value is -0.0800. The van der Waals surface area contributed by atoms with Gasteiger partial charge in [-0.3, -0.25) is 9.59 Å². The van der Waals surface area contributed by atoms with Crippen LogP contribution < -0.4 is 0 Å². The van der Waals surface area contributed by atoms with E-state index in [-0.39, 0.29) is 11.6 Å². The molecule has 16 heavy (non-hydrogen) atoms. The second-order valence-corrected chi connectivity index (χ2v) is 6.97. The first-order chi connectivity index (χ1) is 6.89. The number of hydrogen-bond acceptors (Lipinski definition) is 2. The van der Waals surface area contributed by atoms with Crippen LogP contribution in [0.2, 0.25) is 0 Å². The largest absolute Gasteiger partial charge is 0.297 e. The normalized spacial score (nSPS) is 16.8. The Kier molecular flexibility index (Phi) is 5.03. The zero-order valence-corrected chi connectivity index (χ0v) is 12.2. The molecule has 0 aliphatic carbocycles. The highest BCUT2D eigenvalue weighted by molar-refractivity contribution is 6.43. The summed E-state index contributed by atoms with van der Waals surface area (Å²) in [5, 5.41) is -1.93. The zero-order chi connectivity index (χ0) is 13.3. The summed E-state index contributed by atoms with van der Waals surface area (Å²) in [7, 11) is 0. The summed E-state index contributed by atoms with van der Waals surface area (Å²) in [5.41, 5.74) is -1.17. The molecular weight excluding hydrogens is 247 g/mol. The van der Waals surface area contributed by atoms with Crippen LogP contribution in [0.5, 0.6) is 0 Å². The maximum absolute atomic E-state index is 11.9. The Labute approximate surface area is 108 Å². The van der Waals surface area contributed by atoms with Crippen molar-refractivity contribution in [2.24, 2.45) is 10.8 Å². The van der Waals surface area contributed by atoms with Crippen LogP contribution in [-0.4, -0.2) is 22.3 Å². The van der Waals surface area contributed by atoms with Gasteiger partial charge in [0.2, 0.25) is 0 Å². The lowest BCUT2D eigenvalue weighted by Gasteiger charge is -2.26. The molecule has 0 aliphatic heterocycles. The van der Waals surface area contributed by atoms with E-state index < -0.39 is 21.6 Å². The van der Waals surface area contributed by atoms with E-state index in [0.29, 0.717) is 0 Å². The van der Waals surface area contributed by atoms with Crippen molar-refractivity contribution >= 4 is 34.8 Å². The quantitative estimate of drug-likeness (QED) is 0.734. The predicted molar refractivity (Wildman–Crippen MR) is 68.2 cm³/mol. The molecule has 0 aromatic rings. The Morgan fingerprint density at radius 2 is 0.938 bits per heavy atom. The molecule has 94 valence electrons. The van der Waals surface area contributed by atoms with E-state index in [1.54, 1.807) is 41.5 Å². The van der Waals surface area contributed by atoms with Crippen LogP contribution in [0.25, 0.3) is 0 Å². The lowest BCUT2D eigenvalue weighted by molar-refractivity contribution is -0.131. The molecular formula is C12H20Cl2O2. The number of rotatable bonds is 3. The Balaban J connectivity index is 4.83. The predicted octanol–water partition coefficient (Wildman–Crippen LogP) is 3.43. The van der Waals surface area contributed by atoms with E-state index in [4.69, 9.17) is 23.2 Å². The molecule has 2 unspecified atom stereocenters. The third-order valence-electron chi connectivity index (χ3n) is 2.24. The van der Waals surface area contributed by atoms with Gasteiger partial charge in [0.25, 0.3) is 0 Å². The van der Waals surface area contributed by atoms with Gasteiger partial charge in [-0.05, 0) is 0 Å². The summed E-state index contributed by atoms with van der Waals surface area (Å²) in [6.45, 7) is 10.6. The summed E-state index contributed by atoms with van der Waals surface area (Å²) in [6, 6.07) is 0. The second-order valence-electron chi connectivity index (χ2n) is 6.03. The van der Waals surface area contributed by atoms with Gasteiger partial charge < -0.3 is 0 Å². The maximum Gasteiger partial charge on any atom is 0.157 e. The summed E-state index contributed by atoms with van der Waals surface area (Å²) in [6.07, 6.45) is 0. The fourth-order valence-corrected chi connectivity index (χ4v) is 1.98. The van der Waals surface area contributed by atoms with E-state index in [9.17, 15) is 9.59 Å². The average Bonchev–Trinajstić information content (AvgIpc) is 2.10. The van der Waals surface area contributed by atoms with Crippen molar-refractivity contribution in [3.8, 4) is 0 Å². The highest BCUT2D eigenvalue weighted by atomic mass is 35.5. The summed E-state index contributed by atoms with van der Waals surface area (Å²) in [5.74, 6) is -0.404. The molecule has 0 heterocycles. The van der Waals surface area contributed by atoms with Gasteiger partial charge in [-0.15, -0.1) is 23.2 Å². The molecule has 0 spiro atoms. The van der Waals surface area contributed by atoms with Crippen molar-refractivity contribution in [3.63, 3.8) is 0 Å². The van der Waals surface area contributed by atoms with Gasteiger partial charge in [-0.2, -0.15) is 0 Å². The van der Waals surface area contributed by atoms with Gasteiger partial charge in [0, 0.05) is 10.8 Å². The van der Waals surface area contributed by atoms with Crippen molar-refractivity contribution < 1.29 is 9.59 Å². The van der Waals surface area contributed by atoms with Crippen LogP contribution in [-0.2, 0) is 9.59 Å². The number of Topliss-reactive ketones (excluding diaryl/α,β-unsaturated/α-hetero) is 2. The fraction of sp³-hybridized carbons (Fsp3) is 0.833. The second kappa shape index (κ2) is 5.05. The number of halogens is 2. The molecule has 0 N–H and O–H groups in total. The number of hydrogen-bond donors (Lipinski definition) is 0. The van der Waals surface area contributed by atoms with Gasteiger partial charge >= 0.3 is 0 Å². The van der Waals surface area contributed by atoms with E-state index in [2.05, 4.69) is 0 Å². The van der Waals surface area contributed by atoms with Crippen molar-refractivity contribution in [2.75, 3.05) is 0 Å². The van der Waals surface area contributed by atoms with Crippen molar-refractivity contribution in [3.05, 3.63) is 0 Å². The molecule has 2 nitrogen and oxygen atoms in total. The van der Waals surface area contributed by atoms with Crippen LogP contribution in [0.15, 0.2) is 0 Å². The molecule has 0 aliphatic rings. The minimum atomic E-state index is -0.964.